The van der Waals surface area contributed by atoms with Crippen LogP contribution in [0, 0.1) is 5.82 Å². The van der Waals surface area contributed by atoms with Crippen molar-refractivity contribution in [2.45, 2.75) is 19.4 Å². The van der Waals surface area contributed by atoms with Crippen molar-refractivity contribution >= 4 is 27.5 Å². The van der Waals surface area contributed by atoms with E-state index in [-0.39, 0.29) is 24.8 Å². The molecule has 0 fully saturated rings. The third-order valence-corrected chi connectivity index (χ3v) is 5.54. The van der Waals surface area contributed by atoms with Crippen LogP contribution < -0.4 is 5.32 Å². The maximum Gasteiger partial charge on any atom is 0.235 e. The Bertz CT molecular complexity index is 873. The first-order chi connectivity index (χ1) is 12.8. The van der Waals surface area contributed by atoms with Crippen molar-refractivity contribution in [3.05, 3.63) is 70.5 Å². The normalized spacial score (nSPS) is 11.6. The molecule has 27 heavy (non-hydrogen) atoms. The lowest BCUT2D eigenvalue weighted by atomic mass is 10.1. The van der Waals surface area contributed by atoms with Gasteiger partial charge in [-0.3, -0.25) is 4.79 Å². The molecule has 2 aromatic carbocycles. The molecule has 0 aliphatic rings. The predicted octanol–water partition coefficient (Wildman–Crippen LogP) is 2.99. The second-order valence-electron chi connectivity index (χ2n) is 6.20. The third kappa shape index (κ3) is 7.28. The molecular weight excluding hydrogens is 391 g/mol. The first kappa shape index (κ1) is 21.3. The Balaban J connectivity index is 1.85. The summed E-state index contributed by atoms with van der Waals surface area (Å²) >= 11 is 6.08. The number of nitrogens with zero attached hydrogens (tertiary/aromatic N) is 1. The standard InChI is InChI=1S/C19H22ClFN2O3S/c1-27(25,26)23(13-16-6-2-3-7-18(16)20)14-19(24)22-12-4-5-15-8-10-17(21)11-9-15/h2-3,6-11H,4-5,12-14H2,1H3,(H,22,24). The van der Waals surface area contributed by atoms with E-state index in [0.717, 1.165) is 16.1 Å². The quantitative estimate of drug-likeness (QED) is 0.644. The van der Waals surface area contributed by atoms with E-state index in [0.29, 0.717) is 30.0 Å². The van der Waals surface area contributed by atoms with Gasteiger partial charge in [-0.1, -0.05) is 41.9 Å². The number of nitrogens with one attached hydrogen (secondary N) is 1. The van der Waals surface area contributed by atoms with E-state index < -0.39 is 10.0 Å². The van der Waals surface area contributed by atoms with Gasteiger partial charge < -0.3 is 5.32 Å². The number of amides is 1. The van der Waals surface area contributed by atoms with Crippen LogP contribution in [0.25, 0.3) is 0 Å². The first-order valence-corrected chi connectivity index (χ1v) is 10.7. The lowest BCUT2D eigenvalue weighted by Gasteiger charge is -2.20. The number of hydrogen-bond acceptors (Lipinski definition) is 3. The van der Waals surface area contributed by atoms with Crippen LogP contribution in [-0.2, 0) is 27.8 Å². The highest BCUT2D eigenvalue weighted by molar-refractivity contribution is 7.88. The highest BCUT2D eigenvalue weighted by atomic mass is 35.5. The molecule has 2 rings (SSSR count). The summed E-state index contributed by atoms with van der Waals surface area (Å²) in [5.74, 6) is -0.668. The Kier molecular flexibility index (Phi) is 7.77. The lowest BCUT2D eigenvalue weighted by Crippen LogP contribution is -2.40. The van der Waals surface area contributed by atoms with Crippen LogP contribution >= 0.6 is 11.6 Å². The maximum atomic E-state index is 12.9. The molecule has 0 saturated carbocycles. The van der Waals surface area contributed by atoms with Crippen LogP contribution in [0.15, 0.2) is 48.5 Å². The van der Waals surface area contributed by atoms with Crippen LogP contribution in [0.5, 0.6) is 0 Å². The minimum Gasteiger partial charge on any atom is -0.355 e. The molecule has 0 aliphatic heterocycles. The molecule has 146 valence electrons. The van der Waals surface area contributed by atoms with E-state index in [4.69, 9.17) is 11.6 Å². The fraction of sp³-hybridized carbons (Fsp3) is 0.316. The van der Waals surface area contributed by atoms with Gasteiger partial charge in [0.25, 0.3) is 0 Å². The molecule has 0 saturated heterocycles. The van der Waals surface area contributed by atoms with Crippen molar-refractivity contribution in [1.29, 1.82) is 0 Å². The van der Waals surface area contributed by atoms with Crippen LogP contribution in [0.4, 0.5) is 4.39 Å². The third-order valence-electron chi connectivity index (χ3n) is 3.97. The van der Waals surface area contributed by atoms with Crippen LogP contribution in [0.1, 0.15) is 17.5 Å². The van der Waals surface area contributed by atoms with Gasteiger partial charge in [0.1, 0.15) is 5.82 Å². The summed E-state index contributed by atoms with van der Waals surface area (Å²) in [6.45, 7) is 0.155. The number of rotatable bonds is 9. The van der Waals surface area contributed by atoms with Gasteiger partial charge in [0.2, 0.25) is 15.9 Å². The summed E-state index contributed by atoms with van der Waals surface area (Å²) in [5, 5.41) is 3.17. The van der Waals surface area contributed by atoms with E-state index in [2.05, 4.69) is 5.32 Å². The SMILES string of the molecule is CS(=O)(=O)N(CC(=O)NCCCc1ccc(F)cc1)Cc1ccccc1Cl. The average Bonchev–Trinajstić information content (AvgIpc) is 2.60. The largest absolute Gasteiger partial charge is 0.355 e. The Morgan fingerprint density at radius 3 is 2.44 bits per heavy atom. The second kappa shape index (κ2) is 9.82. The molecule has 1 N–H and O–H groups in total. The Morgan fingerprint density at radius 1 is 1.15 bits per heavy atom. The molecule has 8 heteroatoms. The Labute approximate surface area is 164 Å². The molecule has 1 amide bonds. The van der Waals surface area contributed by atoms with E-state index in [1.165, 1.54) is 12.1 Å². The second-order valence-corrected chi connectivity index (χ2v) is 8.59. The number of sulfonamides is 1. The zero-order valence-electron chi connectivity index (χ0n) is 15.0. The summed E-state index contributed by atoms with van der Waals surface area (Å²) in [6, 6.07) is 13.1. The number of aryl methyl sites for hydroxylation is 1. The van der Waals surface area contributed by atoms with Crippen molar-refractivity contribution in [3.8, 4) is 0 Å². The lowest BCUT2D eigenvalue weighted by molar-refractivity contribution is -0.121. The fourth-order valence-electron chi connectivity index (χ4n) is 2.49. The number of halogens is 2. The number of benzene rings is 2. The Morgan fingerprint density at radius 2 is 1.81 bits per heavy atom. The zero-order valence-corrected chi connectivity index (χ0v) is 16.6. The molecular formula is C19H22ClFN2O3S. The first-order valence-electron chi connectivity index (χ1n) is 8.45. The van der Waals surface area contributed by atoms with Crippen molar-refractivity contribution in [2.75, 3.05) is 19.3 Å². The van der Waals surface area contributed by atoms with E-state index >= 15 is 0 Å². The highest BCUT2D eigenvalue weighted by Crippen LogP contribution is 2.18. The molecule has 0 aliphatic carbocycles. The van der Waals surface area contributed by atoms with Crippen molar-refractivity contribution in [2.24, 2.45) is 0 Å². The minimum atomic E-state index is -3.57. The van der Waals surface area contributed by atoms with Crippen molar-refractivity contribution in [1.82, 2.24) is 9.62 Å². The number of carbonyl (C=O) groups excluding carboxylic acids is 1. The molecule has 0 radical (unpaired) electrons. The smallest absolute Gasteiger partial charge is 0.235 e. The molecule has 0 atom stereocenters. The summed E-state index contributed by atoms with van der Waals surface area (Å²) < 4.78 is 37.9. The number of carbonyl (C=O) groups is 1. The van der Waals surface area contributed by atoms with Gasteiger partial charge in [-0.25, -0.2) is 12.8 Å². The minimum absolute atomic E-state index is 0.0293. The monoisotopic (exact) mass is 412 g/mol. The average molecular weight is 413 g/mol. The van der Waals surface area contributed by atoms with E-state index in [1.807, 2.05) is 0 Å². The summed E-state index contributed by atoms with van der Waals surface area (Å²) in [5.41, 5.74) is 1.61. The predicted molar refractivity (Wildman–Crippen MR) is 104 cm³/mol. The van der Waals surface area contributed by atoms with Gasteiger partial charge in [0.05, 0.1) is 12.8 Å². The number of hydrogen-bond donors (Lipinski definition) is 1. The molecule has 5 nitrogen and oxygen atoms in total. The summed E-state index contributed by atoms with van der Waals surface area (Å²) in [4.78, 5) is 12.1. The van der Waals surface area contributed by atoms with Crippen LogP contribution in [0.3, 0.4) is 0 Å². The van der Waals surface area contributed by atoms with Gasteiger partial charge in [-0.15, -0.1) is 0 Å². The van der Waals surface area contributed by atoms with Crippen molar-refractivity contribution in [3.63, 3.8) is 0 Å². The van der Waals surface area contributed by atoms with Gasteiger partial charge in [-0.05, 0) is 42.2 Å². The molecule has 2 aromatic rings. The van der Waals surface area contributed by atoms with Crippen molar-refractivity contribution < 1.29 is 17.6 Å². The topological polar surface area (TPSA) is 66.5 Å². The van der Waals surface area contributed by atoms with Crippen LogP contribution in [-0.4, -0.2) is 38.0 Å². The maximum absolute atomic E-state index is 12.9. The molecule has 0 unspecified atom stereocenters. The fourth-order valence-corrected chi connectivity index (χ4v) is 3.42. The van der Waals surface area contributed by atoms with Gasteiger partial charge in [0, 0.05) is 18.1 Å². The molecule has 0 aromatic heterocycles. The summed E-state index contributed by atoms with van der Waals surface area (Å²) in [7, 11) is -3.57. The van der Waals surface area contributed by atoms with Gasteiger partial charge in [-0.2, -0.15) is 4.31 Å². The Hall–Kier alpha value is -1.96. The van der Waals surface area contributed by atoms with E-state index in [1.54, 1.807) is 36.4 Å². The van der Waals surface area contributed by atoms with Gasteiger partial charge >= 0.3 is 0 Å². The molecule has 0 bridgehead atoms. The van der Waals surface area contributed by atoms with E-state index in [9.17, 15) is 17.6 Å². The molecule has 0 heterocycles. The van der Waals surface area contributed by atoms with Gasteiger partial charge in [0.15, 0.2) is 0 Å². The molecule has 0 spiro atoms. The van der Waals surface area contributed by atoms with Crippen LogP contribution in [0.2, 0.25) is 5.02 Å². The summed E-state index contributed by atoms with van der Waals surface area (Å²) in [6.07, 6.45) is 2.42. The highest BCUT2D eigenvalue weighted by Gasteiger charge is 2.21. The zero-order chi connectivity index (χ0) is 19.9.